The number of aromatic nitrogens is 1. The van der Waals surface area contributed by atoms with E-state index >= 15 is 0 Å². The van der Waals surface area contributed by atoms with E-state index in [9.17, 15) is 13.2 Å². The first-order valence-corrected chi connectivity index (χ1v) is 9.43. The summed E-state index contributed by atoms with van der Waals surface area (Å²) in [5.74, 6) is 0.211. The maximum Gasteiger partial charge on any atom is 0.269 e. The van der Waals surface area contributed by atoms with Crippen molar-refractivity contribution in [3.63, 3.8) is 0 Å². The summed E-state index contributed by atoms with van der Waals surface area (Å²) in [6, 6.07) is 3.44. The van der Waals surface area contributed by atoms with Gasteiger partial charge >= 0.3 is 0 Å². The summed E-state index contributed by atoms with van der Waals surface area (Å²) < 4.78 is 23.1. The number of carbonyl (C=O) groups is 1. The van der Waals surface area contributed by atoms with Crippen LogP contribution in [0.1, 0.15) is 16.9 Å². The van der Waals surface area contributed by atoms with Crippen molar-refractivity contribution in [2.45, 2.75) is 12.5 Å². The van der Waals surface area contributed by atoms with E-state index in [0.29, 0.717) is 18.7 Å². The van der Waals surface area contributed by atoms with E-state index in [2.05, 4.69) is 10.3 Å². The SMILES string of the molecule is CN(C)CCNC(=O)c1ccc(N(C)C2CCS(=O)(=O)C2)cn1. The molecule has 0 radical (unpaired) electrons. The van der Waals surface area contributed by atoms with E-state index in [4.69, 9.17) is 0 Å². The second-order valence-corrected chi connectivity index (χ2v) is 8.36. The van der Waals surface area contributed by atoms with Gasteiger partial charge < -0.3 is 15.1 Å². The summed E-state index contributed by atoms with van der Waals surface area (Å²) >= 11 is 0. The second-order valence-electron chi connectivity index (χ2n) is 6.13. The van der Waals surface area contributed by atoms with E-state index in [1.165, 1.54) is 0 Å². The van der Waals surface area contributed by atoms with Gasteiger partial charge in [-0.3, -0.25) is 4.79 Å². The van der Waals surface area contributed by atoms with Crippen LogP contribution in [-0.4, -0.2) is 76.0 Å². The molecule has 1 aliphatic rings. The Hall–Kier alpha value is -1.67. The minimum atomic E-state index is -2.92. The number of sulfone groups is 1. The Morgan fingerprint density at radius 1 is 1.35 bits per heavy atom. The summed E-state index contributed by atoms with van der Waals surface area (Å²) in [7, 11) is 2.83. The van der Waals surface area contributed by atoms with Crippen molar-refractivity contribution in [3.8, 4) is 0 Å². The smallest absolute Gasteiger partial charge is 0.269 e. The zero-order valence-corrected chi connectivity index (χ0v) is 14.6. The molecule has 1 atom stereocenters. The van der Waals surface area contributed by atoms with Gasteiger partial charge in [-0.15, -0.1) is 0 Å². The van der Waals surface area contributed by atoms with Crippen LogP contribution in [0.4, 0.5) is 5.69 Å². The number of pyridine rings is 1. The van der Waals surface area contributed by atoms with Crippen molar-refractivity contribution in [2.24, 2.45) is 0 Å². The van der Waals surface area contributed by atoms with Crippen molar-refractivity contribution < 1.29 is 13.2 Å². The Morgan fingerprint density at radius 2 is 2.09 bits per heavy atom. The molecule has 2 heterocycles. The third kappa shape index (κ3) is 4.90. The Kier molecular flexibility index (Phi) is 5.59. The second kappa shape index (κ2) is 7.27. The lowest BCUT2D eigenvalue weighted by atomic mass is 10.2. The minimum absolute atomic E-state index is 0.0263. The van der Waals surface area contributed by atoms with Crippen molar-refractivity contribution >= 4 is 21.4 Å². The Labute approximate surface area is 137 Å². The molecule has 128 valence electrons. The quantitative estimate of drug-likeness (QED) is 0.785. The molecule has 0 spiro atoms. The van der Waals surface area contributed by atoms with Gasteiger partial charge in [0.2, 0.25) is 0 Å². The molecule has 1 aromatic rings. The monoisotopic (exact) mass is 340 g/mol. The molecule has 1 aliphatic heterocycles. The van der Waals surface area contributed by atoms with Crippen LogP contribution in [0.5, 0.6) is 0 Å². The minimum Gasteiger partial charge on any atom is -0.369 e. The highest BCUT2D eigenvalue weighted by Crippen LogP contribution is 2.22. The largest absolute Gasteiger partial charge is 0.369 e. The van der Waals surface area contributed by atoms with Crippen LogP contribution >= 0.6 is 0 Å². The van der Waals surface area contributed by atoms with Gasteiger partial charge in [-0.05, 0) is 32.6 Å². The number of nitrogens with zero attached hydrogens (tertiary/aromatic N) is 3. The Morgan fingerprint density at radius 3 is 2.61 bits per heavy atom. The summed E-state index contributed by atoms with van der Waals surface area (Å²) in [6.07, 6.45) is 2.25. The van der Waals surface area contributed by atoms with Gasteiger partial charge in [0.1, 0.15) is 5.69 Å². The van der Waals surface area contributed by atoms with E-state index in [0.717, 1.165) is 12.2 Å². The van der Waals surface area contributed by atoms with Gasteiger partial charge in [-0.1, -0.05) is 0 Å². The van der Waals surface area contributed by atoms with E-state index in [-0.39, 0.29) is 23.5 Å². The molecule has 0 bridgehead atoms. The molecule has 1 amide bonds. The molecular weight excluding hydrogens is 316 g/mol. The highest BCUT2D eigenvalue weighted by molar-refractivity contribution is 7.91. The molecule has 2 rings (SSSR count). The average Bonchev–Trinajstić information content (AvgIpc) is 2.86. The number of carbonyl (C=O) groups excluding carboxylic acids is 1. The molecule has 7 nitrogen and oxygen atoms in total. The van der Waals surface area contributed by atoms with Crippen molar-refractivity contribution in [1.29, 1.82) is 0 Å². The van der Waals surface area contributed by atoms with Crippen LogP contribution in [0.2, 0.25) is 0 Å². The molecule has 0 aliphatic carbocycles. The maximum absolute atomic E-state index is 12.0. The number of amides is 1. The summed E-state index contributed by atoms with van der Waals surface area (Å²) in [4.78, 5) is 20.1. The molecule has 8 heteroatoms. The lowest BCUT2D eigenvalue weighted by molar-refractivity contribution is 0.0946. The Balaban J connectivity index is 1.95. The van der Waals surface area contributed by atoms with Crippen LogP contribution < -0.4 is 10.2 Å². The third-order valence-corrected chi connectivity index (χ3v) is 5.74. The first kappa shape index (κ1) is 17.7. The highest BCUT2D eigenvalue weighted by Gasteiger charge is 2.30. The van der Waals surface area contributed by atoms with E-state index < -0.39 is 9.84 Å². The lowest BCUT2D eigenvalue weighted by Crippen LogP contribution is -2.33. The van der Waals surface area contributed by atoms with Crippen LogP contribution in [0.25, 0.3) is 0 Å². The first-order chi connectivity index (χ1) is 10.8. The summed E-state index contributed by atoms with van der Waals surface area (Å²) in [5, 5.41) is 2.81. The molecule has 0 saturated carbocycles. The molecule has 1 N–H and O–H groups in total. The topological polar surface area (TPSA) is 82.6 Å². The van der Waals surface area contributed by atoms with Crippen LogP contribution in [0, 0.1) is 0 Å². The predicted octanol–water partition coefficient (Wildman–Crippen LogP) is -0.00370. The molecule has 1 unspecified atom stereocenters. The van der Waals surface area contributed by atoms with Crippen molar-refractivity contribution in [3.05, 3.63) is 24.0 Å². The summed E-state index contributed by atoms with van der Waals surface area (Å²) in [6.45, 7) is 1.33. The number of nitrogens with one attached hydrogen (secondary N) is 1. The van der Waals surface area contributed by atoms with Crippen molar-refractivity contribution in [2.75, 3.05) is 50.6 Å². The van der Waals surface area contributed by atoms with Gasteiger partial charge in [0.05, 0.1) is 23.4 Å². The van der Waals surface area contributed by atoms with Crippen molar-refractivity contribution in [1.82, 2.24) is 15.2 Å². The molecule has 1 saturated heterocycles. The molecular formula is C15H24N4O3S. The predicted molar refractivity (Wildman–Crippen MR) is 90.6 cm³/mol. The fourth-order valence-corrected chi connectivity index (χ4v) is 4.28. The molecule has 23 heavy (non-hydrogen) atoms. The fraction of sp³-hybridized carbons (Fsp3) is 0.600. The molecule has 0 aromatic carbocycles. The van der Waals surface area contributed by atoms with Gasteiger partial charge in [0.15, 0.2) is 9.84 Å². The molecule has 1 aromatic heterocycles. The number of rotatable bonds is 6. The fourth-order valence-electron chi connectivity index (χ4n) is 2.50. The normalized spacial score (nSPS) is 19.7. The van der Waals surface area contributed by atoms with Gasteiger partial charge in [0.25, 0.3) is 5.91 Å². The van der Waals surface area contributed by atoms with E-state index in [1.54, 1.807) is 18.3 Å². The van der Waals surface area contributed by atoms with Crippen LogP contribution in [-0.2, 0) is 9.84 Å². The highest BCUT2D eigenvalue weighted by atomic mass is 32.2. The lowest BCUT2D eigenvalue weighted by Gasteiger charge is -2.25. The number of hydrogen-bond donors (Lipinski definition) is 1. The first-order valence-electron chi connectivity index (χ1n) is 7.61. The van der Waals surface area contributed by atoms with Gasteiger partial charge in [-0.25, -0.2) is 13.4 Å². The van der Waals surface area contributed by atoms with Gasteiger partial charge in [0, 0.05) is 26.2 Å². The number of anilines is 1. The zero-order valence-electron chi connectivity index (χ0n) is 13.8. The zero-order chi connectivity index (χ0) is 17.0. The average molecular weight is 340 g/mol. The van der Waals surface area contributed by atoms with Gasteiger partial charge in [-0.2, -0.15) is 0 Å². The maximum atomic E-state index is 12.0. The Bertz CT molecular complexity index is 643. The summed E-state index contributed by atoms with van der Waals surface area (Å²) in [5.41, 5.74) is 1.18. The number of likely N-dealkylation sites (N-methyl/N-ethyl adjacent to an activating group) is 1. The van der Waals surface area contributed by atoms with E-state index in [1.807, 2.05) is 30.9 Å². The molecule has 1 fully saturated rings. The van der Waals surface area contributed by atoms with Crippen LogP contribution in [0.15, 0.2) is 18.3 Å². The third-order valence-electron chi connectivity index (χ3n) is 3.99. The standard InChI is InChI=1S/C15H24N4O3S/c1-18(2)8-7-16-15(20)14-5-4-12(10-17-14)19(3)13-6-9-23(21,22)11-13/h4-5,10,13H,6-9,11H2,1-3H3,(H,16,20). The number of hydrogen-bond acceptors (Lipinski definition) is 6. The van der Waals surface area contributed by atoms with Crippen LogP contribution in [0.3, 0.4) is 0 Å².